The topological polar surface area (TPSA) is 60.2 Å². The zero-order valence-corrected chi connectivity index (χ0v) is 9.12. The van der Waals surface area contributed by atoms with Gasteiger partial charge in [0, 0.05) is 4.47 Å². The van der Waals surface area contributed by atoms with E-state index in [0.717, 1.165) is 4.47 Å². The highest BCUT2D eigenvalue weighted by atomic mass is 79.9. The van der Waals surface area contributed by atoms with Gasteiger partial charge in [-0.25, -0.2) is 13.6 Å². The lowest BCUT2D eigenvalue weighted by Gasteiger charge is -1.95. The van der Waals surface area contributed by atoms with Crippen molar-refractivity contribution in [3.05, 3.63) is 28.7 Å². The summed E-state index contributed by atoms with van der Waals surface area (Å²) in [7, 11) is -3.54. The molecule has 0 bridgehead atoms. The fourth-order valence-electron chi connectivity index (χ4n) is 0.624. The van der Waals surface area contributed by atoms with Gasteiger partial charge in [0.1, 0.15) is 0 Å². The summed E-state index contributed by atoms with van der Waals surface area (Å²) in [4.78, 5) is 0.126. The Balaban J connectivity index is 0.00000121. The van der Waals surface area contributed by atoms with Gasteiger partial charge in [0.25, 0.3) is 0 Å². The summed E-state index contributed by atoms with van der Waals surface area (Å²) in [5.41, 5.74) is 0. The zero-order chi connectivity index (χ0) is 8.48. The van der Waals surface area contributed by atoms with E-state index < -0.39 is 10.0 Å². The number of sulfonamides is 1. The molecular formula is C6H7BrClNO2S. The number of nitrogens with two attached hydrogens (primary N) is 1. The van der Waals surface area contributed by atoms with Crippen LogP contribution in [0.25, 0.3) is 0 Å². The van der Waals surface area contributed by atoms with Gasteiger partial charge in [0.2, 0.25) is 10.0 Å². The van der Waals surface area contributed by atoms with Gasteiger partial charge >= 0.3 is 0 Å². The van der Waals surface area contributed by atoms with Gasteiger partial charge in [-0.3, -0.25) is 0 Å². The van der Waals surface area contributed by atoms with Gasteiger partial charge in [-0.2, -0.15) is 0 Å². The van der Waals surface area contributed by atoms with Crippen LogP contribution in [0.4, 0.5) is 0 Å². The molecule has 0 unspecified atom stereocenters. The molecule has 0 amide bonds. The maximum absolute atomic E-state index is 10.7. The molecule has 0 heterocycles. The molecule has 0 radical (unpaired) electrons. The van der Waals surface area contributed by atoms with Crippen molar-refractivity contribution in [3.63, 3.8) is 0 Å². The number of hydrogen-bond donors (Lipinski definition) is 1. The molecule has 3 nitrogen and oxygen atoms in total. The molecule has 0 fully saturated rings. The summed E-state index contributed by atoms with van der Waals surface area (Å²) in [5.74, 6) is 0. The second kappa shape index (κ2) is 4.23. The van der Waals surface area contributed by atoms with Crippen molar-refractivity contribution in [3.8, 4) is 0 Å². The molecule has 0 saturated carbocycles. The van der Waals surface area contributed by atoms with E-state index in [9.17, 15) is 8.42 Å². The van der Waals surface area contributed by atoms with Gasteiger partial charge < -0.3 is 0 Å². The first-order chi connectivity index (χ1) is 5.00. The SMILES string of the molecule is Cl.NS(=O)(=O)c1ccc(Br)cc1. The third kappa shape index (κ3) is 3.10. The number of halogens is 2. The number of hydrogen-bond acceptors (Lipinski definition) is 2. The summed E-state index contributed by atoms with van der Waals surface area (Å²) in [6.07, 6.45) is 0. The summed E-state index contributed by atoms with van der Waals surface area (Å²) >= 11 is 3.18. The first kappa shape index (κ1) is 11.9. The first-order valence-electron chi connectivity index (χ1n) is 2.78. The van der Waals surface area contributed by atoms with Crippen LogP contribution >= 0.6 is 28.3 Å². The van der Waals surface area contributed by atoms with Crippen LogP contribution in [0.3, 0.4) is 0 Å². The molecule has 1 rings (SSSR count). The standard InChI is InChI=1S/C6H6BrNO2S.ClH/c7-5-1-3-6(4-2-5)11(8,9)10;/h1-4H,(H2,8,9,10);1H. The van der Waals surface area contributed by atoms with Crippen molar-refractivity contribution in [1.82, 2.24) is 0 Å². The van der Waals surface area contributed by atoms with Crippen LogP contribution in [0.15, 0.2) is 33.6 Å². The van der Waals surface area contributed by atoms with Crippen LogP contribution in [0.1, 0.15) is 0 Å². The molecule has 68 valence electrons. The lowest BCUT2D eigenvalue weighted by molar-refractivity contribution is 0.598. The quantitative estimate of drug-likeness (QED) is 0.842. The largest absolute Gasteiger partial charge is 0.238 e. The highest BCUT2D eigenvalue weighted by Gasteiger charge is 2.05. The summed E-state index contributed by atoms with van der Waals surface area (Å²) in [6.45, 7) is 0. The maximum Gasteiger partial charge on any atom is 0.238 e. The molecule has 0 aromatic heterocycles. The smallest absolute Gasteiger partial charge is 0.225 e. The first-order valence-corrected chi connectivity index (χ1v) is 5.12. The fraction of sp³-hybridized carbons (Fsp3) is 0. The Hall–Kier alpha value is -0.100. The number of benzene rings is 1. The van der Waals surface area contributed by atoms with E-state index in [1.54, 1.807) is 12.1 Å². The van der Waals surface area contributed by atoms with Gasteiger partial charge in [0.15, 0.2) is 0 Å². The van der Waals surface area contributed by atoms with Crippen LogP contribution in [0, 0.1) is 0 Å². The minimum absolute atomic E-state index is 0. The lowest BCUT2D eigenvalue weighted by Crippen LogP contribution is -2.11. The second-order valence-electron chi connectivity index (χ2n) is 2.00. The zero-order valence-electron chi connectivity index (χ0n) is 5.90. The van der Waals surface area contributed by atoms with E-state index in [2.05, 4.69) is 15.9 Å². The maximum atomic E-state index is 10.7. The predicted octanol–water partition coefficient (Wildman–Crippen LogP) is 1.52. The molecule has 0 aliphatic rings. The van der Waals surface area contributed by atoms with Crippen LogP contribution in [0.2, 0.25) is 0 Å². The lowest BCUT2D eigenvalue weighted by atomic mass is 10.4. The van der Waals surface area contributed by atoms with Gasteiger partial charge in [-0.1, -0.05) is 15.9 Å². The van der Waals surface area contributed by atoms with Gasteiger partial charge in [-0.15, -0.1) is 12.4 Å². The summed E-state index contributed by atoms with van der Waals surface area (Å²) in [5, 5.41) is 4.86. The van der Waals surface area contributed by atoms with Crippen molar-refractivity contribution >= 4 is 38.4 Å². The predicted molar refractivity (Wildman–Crippen MR) is 52.8 cm³/mol. The van der Waals surface area contributed by atoms with Crippen molar-refractivity contribution in [1.29, 1.82) is 0 Å². The van der Waals surface area contributed by atoms with E-state index >= 15 is 0 Å². The van der Waals surface area contributed by atoms with Crippen LogP contribution in [-0.2, 0) is 10.0 Å². The van der Waals surface area contributed by atoms with E-state index in [0.29, 0.717) is 0 Å². The molecule has 12 heavy (non-hydrogen) atoms. The average Bonchev–Trinajstić information content (AvgIpc) is 1.86. The molecule has 0 aliphatic carbocycles. The molecule has 1 aromatic carbocycles. The van der Waals surface area contributed by atoms with Crippen LogP contribution < -0.4 is 5.14 Å². The van der Waals surface area contributed by atoms with E-state index in [4.69, 9.17) is 5.14 Å². The number of primary sulfonamides is 1. The normalized spacial score (nSPS) is 10.5. The Morgan fingerprint density at radius 1 is 1.17 bits per heavy atom. The Kier molecular flexibility index (Phi) is 4.19. The molecule has 6 heteroatoms. The van der Waals surface area contributed by atoms with Crippen LogP contribution in [0.5, 0.6) is 0 Å². The molecule has 0 aliphatic heterocycles. The molecule has 1 aromatic rings. The van der Waals surface area contributed by atoms with Gasteiger partial charge in [0.05, 0.1) is 4.90 Å². The Labute approximate surface area is 85.6 Å². The Morgan fingerprint density at radius 3 is 1.92 bits per heavy atom. The van der Waals surface area contributed by atoms with E-state index in [1.807, 2.05) is 0 Å². The highest BCUT2D eigenvalue weighted by molar-refractivity contribution is 9.10. The van der Waals surface area contributed by atoms with Crippen LogP contribution in [-0.4, -0.2) is 8.42 Å². The third-order valence-electron chi connectivity index (χ3n) is 1.14. The third-order valence-corrected chi connectivity index (χ3v) is 2.60. The molecule has 0 saturated heterocycles. The number of rotatable bonds is 1. The Bertz CT molecular complexity index is 348. The van der Waals surface area contributed by atoms with Gasteiger partial charge in [-0.05, 0) is 24.3 Å². The Morgan fingerprint density at radius 2 is 1.58 bits per heavy atom. The summed E-state index contributed by atoms with van der Waals surface area (Å²) in [6, 6.07) is 6.14. The van der Waals surface area contributed by atoms with Crippen molar-refractivity contribution in [2.45, 2.75) is 4.90 Å². The molecular weight excluding hydrogens is 265 g/mol. The van der Waals surface area contributed by atoms with E-state index in [1.165, 1.54) is 12.1 Å². The molecule has 0 atom stereocenters. The summed E-state index contributed by atoms with van der Waals surface area (Å²) < 4.78 is 22.2. The second-order valence-corrected chi connectivity index (χ2v) is 4.48. The molecule has 2 N–H and O–H groups in total. The monoisotopic (exact) mass is 271 g/mol. The van der Waals surface area contributed by atoms with Crippen molar-refractivity contribution in [2.75, 3.05) is 0 Å². The molecule has 0 spiro atoms. The van der Waals surface area contributed by atoms with Crippen molar-refractivity contribution in [2.24, 2.45) is 5.14 Å². The van der Waals surface area contributed by atoms with Crippen molar-refractivity contribution < 1.29 is 8.42 Å². The minimum Gasteiger partial charge on any atom is -0.225 e. The highest BCUT2D eigenvalue weighted by Crippen LogP contribution is 2.12. The fourth-order valence-corrected chi connectivity index (χ4v) is 1.40. The average molecular weight is 273 g/mol. The minimum atomic E-state index is -3.54. The van der Waals surface area contributed by atoms with E-state index in [-0.39, 0.29) is 17.3 Å².